The molecule has 0 saturated carbocycles. The van der Waals surface area contributed by atoms with Gasteiger partial charge in [-0.15, -0.1) is 0 Å². The van der Waals surface area contributed by atoms with Crippen LogP contribution in [-0.2, 0) is 4.79 Å². The summed E-state index contributed by atoms with van der Waals surface area (Å²) in [5, 5.41) is 10.2. The van der Waals surface area contributed by atoms with Crippen LogP contribution < -0.4 is 56.5 Å². The molecule has 25 heavy (non-hydrogen) atoms. The van der Waals surface area contributed by atoms with E-state index in [1.165, 1.54) is 103 Å². The van der Waals surface area contributed by atoms with Crippen LogP contribution in [0.3, 0.4) is 0 Å². The van der Waals surface area contributed by atoms with Crippen LogP contribution in [0.1, 0.15) is 122 Å². The fourth-order valence-electron chi connectivity index (χ4n) is 3.17. The minimum Gasteiger partial charge on any atom is -0.545 e. The number of carbonyl (C=O) groups is 1. The van der Waals surface area contributed by atoms with E-state index in [-0.39, 0.29) is 51.4 Å². The number of hydrogen-bond donors (Lipinski definition) is 0. The molecule has 142 valence electrons. The summed E-state index contributed by atoms with van der Waals surface area (Å²) in [6.45, 7) is 2.28. The van der Waals surface area contributed by atoms with Gasteiger partial charge < -0.3 is 9.90 Å². The van der Waals surface area contributed by atoms with Crippen molar-refractivity contribution in [1.29, 1.82) is 0 Å². The molecule has 0 fully saturated rings. The van der Waals surface area contributed by atoms with Crippen molar-refractivity contribution in [3.63, 3.8) is 0 Å². The SMILES string of the molecule is CCCCCCCCCCCCCCCCCCCC=CC(=O)[O-].[K+]. The molecule has 0 amide bonds. The van der Waals surface area contributed by atoms with Gasteiger partial charge >= 0.3 is 51.4 Å². The first-order valence-electron chi connectivity index (χ1n) is 10.6. The van der Waals surface area contributed by atoms with E-state index in [9.17, 15) is 9.90 Å². The summed E-state index contributed by atoms with van der Waals surface area (Å²) in [4.78, 5) is 10.2. The van der Waals surface area contributed by atoms with Gasteiger partial charge in [-0.2, -0.15) is 0 Å². The van der Waals surface area contributed by atoms with E-state index in [4.69, 9.17) is 0 Å². The Kier molecular flexibility index (Phi) is 27.9. The maximum Gasteiger partial charge on any atom is 1.00 e. The quantitative estimate of drug-likeness (QED) is 0.197. The molecule has 0 radical (unpaired) electrons. The van der Waals surface area contributed by atoms with Crippen LogP contribution in [0.2, 0.25) is 0 Å². The standard InChI is InChI=1S/C22H42O2.K/c1-2-3-4-5-6-7-8-9-10-11-12-13-14-15-16-17-18-19-20-21-22(23)24;/h20-21H,2-19H2,1H3,(H,23,24);/q;+1/p-1. The van der Waals surface area contributed by atoms with Crippen molar-refractivity contribution in [2.24, 2.45) is 0 Å². The summed E-state index contributed by atoms with van der Waals surface area (Å²) < 4.78 is 0. The molecule has 0 aromatic heterocycles. The first kappa shape index (κ1) is 28.1. The number of hydrogen-bond acceptors (Lipinski definition) is 2. The Morgan fingerprint density at radius 3 is 1.28 bits per heavy atom. The molecule has 0 aliphatic rings. The van der Waals surface area contributed by atoms with Crippen LogP contribution in [0.25, 0.3) is 0 Å². The fraction of sp³-hybridized carbons (Fsp3) is 0.864. The van der Waals surface area contributed by atoms with E-state index in [1.54, 1.807) is 6.08 Å². The number of unbranched alkanes of at least 4 members (excludes halogenated alkanes) is 17. The molecule has 0 aliphatic carbocycles. The molecular formula is C22H41KO2. The van der Waals surface area contributed by atoms with Crippen molar-refractivity contribution in [2.75, 3.05) is 0 Å². The second-order valence-electron chi connectivity index (χ2n) is 7.17. The predicted octanol–water partition coefficient (Wildman–Crippen LogP) is 3.34. The summed E-state index contributed by atoms with van der Waals surface area (Å²) in [5.74, 6) is -1.08. The molecular weight excluding hydrogens is 335 g/mol. The van der Waals surface area contributed by atoms with E-state index in [2.05, 4.69) is 6.92 Å². The van der Waals surface area contributed by atoms with Gasteiger partial charge in [-0.3, -0.25) is 0 Å². The molecule has 0 spiro atoms. The molecule has 0 atom stereocenters. The van der Waals surface area contributed by atoms with E-state index in [0.717, 1.165) is 18.9 Å². The molecule has 0 aliphatic heterocycles. The Balaban J connectivity index is 0. The smallest absolute Gasteiger partial charge is 0.545 e. The van der Waals surface area contributed by atoms with Crippen LogP contribution in [0.5, 0.6) is 0 Å². The van der Waals surface area contributed by atoms with Gasteiger partial charge in [0.15, 0.2) is 0 Å². The van der Waals surface area contributed by atoms with Gasteiger partial charge in [0.2, 0.25) is 0 Å². The number of carboxylic acid groups (broad SMARTS) is 1. The second-order valence-corrected chi connectivity index (χ2v) is 7.17. The third-order valence-corrected chi connectivity index (χ3v) is 4.73. The molecule has 0 aromatic carbocycles. The minimum absolute atomic E-state index is 0. The van der Waals surface area contributed by atoms with Gasteiger partial charge in [0.1, 0.15) is 0 Å². The average molecular weight is 377 g/mol. The third-order valence-electron chi connectivity index (χ3n) is 4.73. The normalized spacial score (nSPS) is 10.9. The first-order chi connectivity index (χ1) is 11.8. The number of aliphatic carboxylic acids is 1. The van der Waals surface area contributed by atoms with Crippen molar-refractivity contribution in [1.82, 2.24) is 0 Å². The summed E-state index contributed by atoms with van der Waals surface area (Å²) >= 11 is 0. The Hall–Kier alpha value is 0.846. The Labute approximate surface area is 200 Å². The van der Waals surface area contributed by atoms with E-state index in [0.29, 0.717) is 0 Å². The summed E-state index contributed by atoms with van der Waals surface area (Å²) in [6.07, 6.45) is 27.1. The second kappa shape index (κ2) is 24.8. The average Bonchev–Trinajstić information content (AvgIpc) is 2.56. The topological polar surface area (TPSA) is 40.1 Å². The number of carbonyl (C=O) groups excluding carboxylic acids is 1. The Morgan fingerprint density at radius 1 is 0.640 bits per heavy atom. The van der Waals surface area contributed by atoms with Gasteiger partial charge in [0, 0.05) is 0 Å². The molecule has 2 nitrogen and oxygen atoms in total. The summed E-state index contributed by atoms with van der Waals surface area (Å²) in [6, 6.07) is 0. The van der Waals surface area contributed by atoms with E-state index < -0.39 is 5.97 Å². The molecule has 0 bridgehead atoms. The fourth-order valence-corrected chi connectivity index (χ4v) is 3.17. The molecule has 3 heteroatoms. The van der Waals surface area contributed by atoms with Crippen molar-refractivity contribution in [2.45, 2.75) is 122 Å². The van der Waals surface area contributed by atoms with E-state index in [1.807, 2.05) is 0 Å². The summed E-state index contributed by atoms with van der Waals surface area (Å²) in [5.41, 5.74) is 0. The number of allylic oxidation sites excluding steroid dienone is 1. The molecule has 0 heterocycles. The van der Waals surface area contributed by atoms with Crippen molar-refractivity contribution >= 4 is 5.97 Å². The van der Waals surface area contributed by atoms with Gasteiger partial charge in [0.05, 0.1) is 5.97 Å². The Bertz CT molecular complexity index is 290. The zero-order chi connectivity index (χ0) is 17.7. The predicted molar refractivity (Wildman–Crippen MR) is 103 cm³/mol. The molecule has 0 saturated heterocycles. The zero-order valence-corrected chi connectivity index (χ0v) is 20.3. The summed E-state index contributed by atoms with van der Waals surface area (Å²) in [7, 11) is 0. The minimum atomic E-state index is -1.08. The first-order valence-corrected chi connectivity index (χ1v) is 10.6. The van der Waals surface area contributed by atoms with Gasteiger partial charge in [-0.05, 0) is 18.9 Å². The molecule has 0 aromatic rings. The molecule has 0 rings (SSSR count). The van der Waals surface area contributed by atoms with Crippen LogP contribution in [0, 0.1) is 0 Å². The van der Waals surface area contributed by atoms with Crippen molar-refractivity contribution in [3.05, 3.63) is 12.2 Å². The maximum absolute atomic E-state index is 10.2. The van der Waals surface area contributed by atoms with Gasteiger partial charge in [-0.25, -0.2) is 0 Å². The number of rotatable bonds is 19. The van der Waals surface area contributed by atoms with Crippen LogP contribution in [0.4, 0.5) is 0 Å². The molecule has 0 N–H and O–H groups in total. The van der Waals surface area contributed by atoms with Crippen LogP contribution >= 0.6 is 0 Å². The van der Waals surface area contributed by atoms with Crippen LogP contribution in [0.15, 0.2) is 12.2 Å². The third kappa shape index (κ3) is 27.2. The zero-order valence-electron chi connectivity index (χ0n) is 17.2. The largest absolute Gasteiger partial charge is 1.00 e. The number of carboxylic acids is 1. The van der Waals surface area contributed by atoms with Crippen molar-refractivity contribution < 1.29 is 61.3 Å². The van der Waals surface area contributed by atoms with Gasteiger partial charge in [-0.1, -0.05) is 116 Å². The van der Waals surface area contributed by atoms with Gasteiger partial charge in [0.25, 0.3) is 0 Å². The molecule has 0 unspecified atom stereocenters. The van der Waals surface area contributed by atoms with Crippen molar-refractivity contribution in [3.8, 4) is 0 Å². The monoisotopic (exact) mass is 376 g/mol. The maximum atomic E-state index is 10.2. The Morgan fingerprint density at radius 2 is 0.960 bits per heavy atom. The van der Waals surface area contributed by atoms with Crippen LogP contribution in [-0.4, -0.2) is 5.97 Å². The van der Waals surface area contributed by atoms with E-state index >= 15 is 0 Å².